The van der Waals surface area contributed by atoms with Gasteiger partial charge in [-0.15, -0.1) is 0 Å². The Kier molecular flexibility index (Phi) is 4.40. The van der Waals surface area contributed by atoms with E-state index in [-0.39, 0.29) is 5.84 Å². The van der Waals surface area contributed by atoms with Gasteiger partial charge in [0.15, 0.2) is 5.84 Å². The molecular formula is C15H15N3O3. The number of amides is 1. The van der Waals surface area contributed by atoms with Crippen LogP contribution in [0.3, 0.4) is 0 Å². The summed E-state index contributed by atoms with van der Waals surface area (Å²) in [6, 6.07) is 13.9. The van der Waals surface area contributed by atoms with Gasteiger partial charge in [0.2, 0.25) is 0 Å². The molecule has 0 atom stereocenters. The number of aryl methyl sites for hydroxylation is 1. The number of benzene rings is 2. The summed E-state index contributed by atoms with van der Waals surface area (Å²) in [5, 5.41) is 14.4. The molecule has 0 saturated heterocycles. The van der Waals surface area contributed by atoms with E-state index in [4.69, 9.17) is 15.7 Å². The quantitative estimate of drug-likeness (QED) is 0.349. The highest BCUT2D eigenvalue weighted by atomic mass is 16.6. The molecule has 0 spiro atoms. The monoisotopic (exact) mass is 285 g/mol. The van der Waals surface area contributed by atoms with Gasteiger partial charge in [-0.1, -0.05) is 35.5 Å². The lowest BCUT2D eigenvalue weighted by Gasteiger charge is -2.12. The first-order valence-electron chi connectivity index (χ1n) is 6.23. The molecule has 6 nitrogen and oxygen atoms in total. The van der Waals surface area contributed by atoms with Gasteiger partial charge in [0.1, 0.15) is 5.75 Å². The maximum absolute atomic E-state index is 11.9. The highest BCUT2D eigenvalue weighted by molar-refractivity contribution is 6.05. The molecule has 4 N–H and O–H groups in total. The van der Waals surface area contributed by atoms with E-state index in [1.54, 1.807) is 49.4 Å². The van der Waals surface area contributed by atoms with Gasteiger partial charge in [0.05, 0.1) is 5.69 Å². The van der Waals surface area contributed by atoms with Gasteiger partial charge >= 0.3 is 6.09 Å². The summed E-state index contributed by atoms with van der Waals surface area (Å²) >= 11 is 0. The number of hydrogen-bond acceptors (Lipinski definition) is 4. The molecule has 6 heteroatoms. The lowest BCUT2D eigenvalue weighted by Crippen LogP contribution is -2.22. The minimum absolute atomic E-state index is 0.0805. The summed E-state index contributed by atoms with van der Waals surface area (Å²) in [5.41, 5.74) is 7.26. The molecule has 0 unspecified atom stereocenters. The molecule has 0 fully saturated rings. The molecule has 2 rings (SSSR count). The minimum atomic E-state index is -0.654. The number of hydrogen-bond donors (Lipinski definition) is 3. The summed E-state index contributed by atoms with van der Waals surface area (Å²) < 4.78 is 5.13. The number of oxime groups is 1. The summed E-state index contributed by atoms with van der Waals surface area (Å²) in [7, 11) is 0. The van der Waals surface area contributed by atoms with Gasteiger partial charge in [-0.2, -0.15) is 0 Å². The Balaban J connectivity index is 2.20. The maximum atomic E-state index is 11.9. The molecule has 2 aromatic carbocycles. The Morgan fingerprint density at radius 1 is 1.19 bits per heavy atom. The Labute approximate surface area is 121 Å². The Morgan fingerprint density at radius 3 is 2.57 bits per heavy atom. The third-order valence-electron chi connectivity index (χ3n) is 2.83. The van der Waals surface area contributed by atoms with Gasteiger partial charge in [-0.3, -0.25) is 5.32 Å². The highest BCUT2D eigenvalue weighted by Crippen LogP contribution is 2.20. The summed E-state index contributed by atoms with van der Waals surface area (Å²) in [6.07, 6.45) is -0.654. The first-order valence-corrected chi connectivity index (χ1v) is 6.23. The van der Waals surface area contributed by atoms with Crippen molar-refractivity contribution in [2.45, 2.75) is 6.92 Å². The fourth-order valence-corrected chi connectivity index (χ4v) is 1.89. The van der Waals surface area contributed by atoms with Crippen molar-refractivity contribution in [3.63, 3.8) is 0 Å². The second-order valence-corrected chi connectivity index (χ2v) is 4.31. The zero-order chi connectivity index (χ0) is 15.2. The van der Waals surface area contributed by atoms with Crippen LogP contribution in [0.4, 0.5) is 10.5 Å². The fourth-order valence-electron chi connectivity index (χ4n) is 1.89. The van der Waals surface area contributed by atoms with E-state index in [1.165, 1.54) is 0 Å². The number of carbonyl (C=O) groups is 1. The minimum Gasteiger partial charge on any atom is -0.410 e. The normalized spacial score (nSPS) is 11.0. The smallest absolute Gasteiger partial charge is 0.410 e. The molecule has 0 heterocycles. The number of nitrogens with one attached hydrogen (secondary N) is 1. The number of nitrogens with zero attached hydrogens (tertiary/aromatic N) is 1. The van der Waals surface area contributed by atoms with Crippen LogP contribution >= 0.6 is 0 Å². The Bertz CT molecular complexity index is 669. The van der Waals surface area contributed by atoms with Crippen LogP contribution in [-0.2, 0) is 0 Å². The standard InChI is InChI=1S/C15H15N3O3/c1-10-6-5-9-12(13(10)14(16)18-20)17-15(19)21-11-7-3-2-4-8-11/h2-9,20H,1H3,(H2,16,18)(H,17,19). The average Bonchev–Trinajstić information content (AvgIpc) is 2.47. The number of anilines is 1. The largest absolute Gasteiger partial charge is 0.417 e. The van der Waals surface area contributed by atoms with Gasteiger partial charge < -0.3 is 15.7 Å². The van der Waals surface area contributed by atoms with E-state index in [0.29, 0.717) is 17.0 Å². The van der Waals surface area contributed by atoms with E-state index < -0.39 is 6.09 Å². The van der Waals surface area contributed by atoms with Crippen LogP contribution in [0.5, 0.6) is 5.75 Å². The third kappa shape index (κ3) is 3.50. The summed E-state index contributed by atoms with van der Waals surface area (Å²) in [4.78, 5) is 11.9. The molecule has 0 aliphatic carbocycles. The molecule has 0 saturated carbocycles. The first kappa shape index (κ1) is 14.4. The molecule has 21 heavy (non-hydrogen) atoms. The summed E-state index contributed by atoms with van der Waals surface area (Å²) in [6.45, 7) is 1.79. The van der Waals surface area contributed by atoms with Crippen molar-refractivity contribution >= 4 is 17.6 Å². The Hall–Kier alpha value is -3.02. The van der Waals surface area contributed by atoms with Gasteiger partial charge in [-0.05, 0) is 30.7 Å². The molecule has 0 aliphatic heterocycles. The first-order chi connectivity index (χ1) is 10.1. The number of rotatable bonds is 3. The van der Waals surface area contributed by atoms with Crippen LogP contribution in [0.25, 0.3) is 0 Å². The molecule has 0 aliphatic rings. The van der Waals surface area contributed by atoms with Crippen molar-refractivity contribution in [2.24, 2.45) is 10.9 Å². The van der Waals surface area contributed by atoms with Crippen LogP contribution in [0.2, 0.25) is 0 Å². The number of para-hydroxylation sites is 1. The van der Waals surface area contributed by atoms with Crippen LogP contribution in [0, 0.1) is 6.92 Å². The molecular weight excluding hydrogens is 270 g/mol. The SMILES string of the molecule is Cc1cccc(NC(=O)Oc2ccccc2)c1/C(N)=N/O. The van der Waals surface area contributed by atoms with E-state index >= 15 is 0 Å². The van der Waals surface area contributed by atoms with Crippen LogP contribution in [0.1, 0.15) is 11.1 Å². The van der Waals surface area contributed by atoms with Crippen LogP contribution in [-0.4, -0.2) is 17.1 Å². The second-order valence-electron chi connectivity index (χ2n) is 4.31. The lowest BCUT2D eigenvalue weighted by atomic mass is 10.1. The predicted octanol–water partition coefficient (Wildman–Crippen LogP) is 2.70. The second kappa shape index (κ2) is 6.42. The van der Waals surface area contributed by atoms with Crippen LogP contribution in [0.15, 0.2) is 53.7 Å². The molecule has 2 aromatic rings. The summed E-state index contributed by atoms with van der Waals surface area (Å²) in [5.74, 6) is 0.344. The topological polar surface area (TPSA) is 96.9 Å². The van der Waals surface area contributed by atoms with Crippen molar-refractivity contribution < 1.29 is 14.7 Å². The van der Waals surface area contributed by atoms with Crippen molar-refractivity contribution in [2.75, 3.05) is 5.32 Å². The van der Waals surface area contributed by atoms with E-state index in [2.05, 4.69) is 10.5 Å². The number of amidine groups is 1. The van der Waals surface area contributed by atoms with E-state index in [9.17, 15) is 4.79 Å². The van der Waals surface area contributed by atoms with Crippen LogP contribution < -0.4 is 15.8 Å². The van der Waals surface area contributed by atoms with Crippen molar-refractivity contribution in [1.29, 1.82) is 0 Å². The van der Waals surface area contributed by atoms with Gasteiger partial charge in [-0.25, -0.2) is 4.79 Å². The molecule has 1 amide bonds. The van der Waals surface area contributed by atoms with E-state index in [1.807, 2.05) is 6.07 Å². The molecule has 0 bridgehead atoms. The number of carbonyl (C=O) groups excluding carboxylic acids is 1. The highest BCUT2D eigenvalue weighted by Gasteiger charge is 2.13. The third-order valence-corrected chi connectivity index (χ3v) is 2.83. The van der Waals surface area contributed by atoms with E-state index in [0.717, 1.165) is 5.56 Å². The predicted molar refractivity (Wildman–Crippen MR) is 79.8 cm³/mol. The number of nitrogens with two attached hydrogens (primary N) is 1. The van der Waals surface area contributed by atoms with Gasteiger partial charge in [0, 0.05) is 5.56 Å². The average molecular weight is 285 g/mol. The van der Waals surface area contributed by atoms with Crippen molar-refractivity contribution in [3.05, 3.63) is 59.7 Å². The zero-order valence-electron chi connectivity index (χ0n) is 11.4. The fraction of sp³-hybridized carbons (Fsp3) is 0.0667. The number of ether oxygens (including phenoxy) is 1. The molecule has 0 radical (unpaired) electrons. The van der Waals surface area contributed by atoms with Crippen molar-refractivity contribution in [1.82, 2.24) is 0 Å². The van der Waals surface area contributed by atoms with Crippen molar-refractivity contribution in [3.8, 4) is 5.75 Å². The maximum Gasteiger partial charge on any atom is 0.417 e. The Morgan fingerprint density at radius 2 is 1.90 bits per heavy atom. The van der Waals surface area contributed by atoms with Gasteiger partial charge in [0.25, 0.3) is 0 Å². The lowest BCUT2D eigenvalue weighted by molar-refractivity contribution is 0.215. The zero-order valence-corrected chi connectivity index (χ0v) is 11.4. The molecule has 108 valence electrons. The molecule has 0 aromatic heterocycles.